The summed E-state index contributed by atoms with van der Waals surface area (Å²) < 4.78 is 5.23. The number of aromatic nitrogens is 1. The Morgan fingerprint density at radius 3 is 2.80 bits per heavy atom. The zero-order valence-electron chi connectivity index (χ0n) is 15.5. The Morgan fingerprint density at radius 2 is 2.12 bits per heavy atom. The van der Waals surface area contributed by atoms with Crippen LogP contribution in [0.15, 0.2) is 39.8 Å². The molecule has 1 aliphatic heterocycles. The van der Waals surface area contributed by atoms with Crippen LogP contribution < -0.4 is 5.32 Å². The van der Waals surface area contributed by atoms with Gasteiger partial charge in [0.25, 0.3) is 0 Å². The number of hydrogen-bond acceptors (Lipinski definition) is 3. The molecule has 1 aliphatic rings. The summed E-state index contributed by atoms with van der Waals surface area (Å²) >= 11 is 0. The SMILES string of the molecule is CN=C(NCCc1c(C)noc1C)N1CCC(Cc2ccccc2)C1. The molecule has 2 heterocycles. The molecule has 1 aromatic carbocycles. The monoisotopic (exact) mass is 340 g/mol. The number of aliphatic imine (C=N–C) groups is 1. The number of benzene rings is 1. The summed E-state index contributed by atoms with van der Waals surface area (Å²) in [4.78, 5) is 6.84. The van der Waals surface area contributed by atoms with Gasteiger partial charge in [0.1, 0.15) is 5.76 Å². The van der Waals surface area contributed by atoms with Crippen molar-refractivity contribution >= 4 is 5.96 Å². The van der Waals surface area contributed by atoms with Gasteiger partial charge in [0.15, 0.2) is 5.96 Å². The molecule has 2 aromatic rings. The second kappa shape index (κ2) is 8.19. The van der Waals surface area contributed by atoms with Crippen molar-refractivity contribution in [3.63, 3.8) is 0 Å². The number of rotatable bonds is 5. The first-order valence-electron chi connectivity index (χ1n) is 9.08. The van der Waals surface area contributed by atoms with E-state index >= 15 is 0 Å². The van der Waals surface area contributed by atoms with Crippen molar-refractivity contribution < 1.29 is 4.52 Å². The Bertz CT molecular complexity index is 688. The molecule has 5 nitrogen and oxygen atoms in total. The number of guanidine groups is 1. The predicted octanol–water partition coefficient (Wildman–Crippen LogP) is 2.97. The predicted molar refractivity (Wildman–Crippen MR) is 101 cm³/mol. The third-order valence-corrected chi connectivity index (χ3v) is 5.00. The lowest BCUT2D eigenvalue weighted by molar-refractivity contribution is 0.392. The number of likely N-dealkylation sites (tertiary alicyclic amines) is 1. The minimum absolute atomic E-state index is 0.698. The largest absolute Gasteiger partial charge is 0.361 e. The standard InChI is InChI=1S/C20H28N4O/c1-15-19(16(2)25-23-15)9-11-22-20(21-3)24-12-10-18(14-24)13-17-7-5-4-6-8-17/h4-8,18H,9-14H2,1-3H3,(H,21,22). The Labute approximate surface area is 150 Å². The zero-order valence-corrected chi connectivity index (χ0v) is 15.5. The first-order valence-corrected chi connectivity index (χ1v) is 9.08. The van der Waals surface area contributed by atoms with Gasteiger partial charge in [-0.2, -0.15) is 0 Å². The zero-order chi connectivity index (χ0) is 17.6. The van der Waals surface area contributed by atoms with Crippen LogP contribution in [0.4, 0.5) is 0 Å². The van der Waals surface area contributed by atoms with Gasteiger partial charge in [0, 0.05) is 32.2 Å². The molecule has 1 unspecified atom stereocenters. The van der Waals surface area contributed by atoms with E-state index in [-0.39, 0.29) is 0 Å². The van der Waals surface area contributed by atoms with Crippen LogP contribution in [-0.2, 0) is 12.8 Å². The summed E-state index contributed by atoms with van der Waals surface area (Å²) in [6.07, 6.45) is 3.27. The van der Waals surface area contributed by atoms with Crippen LogP contribution in [0.2, 0.25) is 0 Å². The fourth-order valence-corrected chi connectivity index (χ4v) is 3.63. The van der Waals surface area contributed by atoms with Crippen molar-refractivity contribution in [2.75, 3.05) is 26.7 Å². The fraction of sp³-hybridized carbons (Fsp3) is 0.500. The summed E-state index contributed by atoms with van der Waals surface area (Å²) in [7, 11) is 1.86. The molecule has 1 N–H and O–H groups in total. The Balaban J connectivity index is 1.49. The van der Waals surface area contributed by atoms with Crippen LogP contribution >= 0.6 is 0 Å². The van der Waals surface area contributed by atoms with Gasteiger partial charge in [-0.1, -0.05) is 35.5 Å². The molecule has 25 heavy (non-hydrogen) atoms. The van der Waals surface area contributed by atoms with Gasteiger partial charge < -0.3 is 14.7 Å². The second-order valence-electron chi connectivity index (χ2n) is 6.82. The molecule has 0 bridgehead atoms. The number of hydrogen-bond donors (Lipinski definition) is 1. The summed E-state index contributed by atoms with van der Waals surface area (Å²) in [6, 6.07) is 10.8. The maximum absolute atomic E-state index is 5.23. The Hall–Kier alpha value is -2.30. The molecule has 0 saturated carbocycles. The molecule has 1 saturated heterocycles. The molecule has 0 spiro atoms. The van der Waals surface area contributed by atoms with Crippen LogP contribution in [0, 0.1) is 19.8 Å². The van der Waals surface area contributed by atoms with E-state index in [9.17, 15) is 0 Å². The molecular formula is C20H28N4O. The lowest BCUT2D eigenvalue weighted by atomic mass is 9.99. The lowest BCUT2D eigenvalue weighted by Crippen LogP contribution is -2.41. The van der Waals surface area contributed by atoms with E-state index in [4.69, 9.17) is 4.52 Å². The van der Waals surface area contributed by atoms with Crippen LogP contribution in [0.3, 0.4) is 0 Å². The highest BCUT2D eigenvalue weighted by Crippen LogP contribution is 2.21. The summed E-state index contributed by atoms with van der Waals surface area (Å²) in [5.41, 5.74) is 3.61. The maximum atomic E-state index is 5.23. The van der Waals surface area contributed by atoms with Gasteiger partial charge >= 0.3 is 0 Å². The van der Waals surface area contributed by atoms with Crippen molar-refractivity contribution in [1.29, 1.82) is 0 Å². The van der Waals surface area contributed by atoms with Crippen molar-refractivity contribution in [2.45, 2.75) is 33.1 Å². The molecule has 0 aliphatic carbocycles. The van der Waals surface area contributed by atoms with Crippen molar-refractivity contribution in [3.05, 3.63) is 52.9 Å². The van der Waals surface area contributed by atoms with Crippen LogP contribution in [-0.4, -0.2) is 42.7 Å². The van der Waals surface area contributed by atoms with Gasteiger partial charge in [-0.3, -0.25) is 4.99 Å². The Kier molecular flexibility index (Phi) is 5.74. The van der Waals surface area contributed by atoms with Crippen LogP contribution in [0.5, 0.6) is 0 Å². The lowest BCUT2D eigenvalue weighted by Gasteiger charge is -2.21. The molecule has 3 rings (SSSR count). The van der Waals surface area contributed by atoms with Crippen molar-refractivity contribution in [1.82, 2.24) is 15.4 Å². The highest BCUT2D eigenvalue weighted by Gasteiger charge is 2.24. The topological polar surface area (TPSA) is 53.7 Å². The third-order valence-electron chi connectivity index (χ3n) is 5.00. The highest BCUT2D eigenvalue weighted by molar-refractivity contribution is 5.80. The van der Waals surface area contributed by atoms with E-state index in [1.54, 1.807) is 0 Å². The molecule has 1 fully saturated rings. The number of nitrogens with zero attached hydrogens (tertiary/aromatic N) is 3. The third kappa shape index (κ3) is 4.41. The van der Waals surface area contributed by atoms with Crippen LogP contribution in [0.1, 0.15) is 29.0 Å². The molecule has 0 amide bonds. The van der Waals surface area contributed by atoms with E-state index < -0.39 is 0 Å². The van der Waals surface area contributed by atoms with Gasteiger partial charge in [-0.05, 0) is 44.6 Å². The smallest absolute Gasteiger partial charge is 0.193 e. The minimum Gasteiger partial charge on any atom is -0.361 e. The van der Waals surface area contributed by atoms with E-state index in [2.05, 4.69) is 50.7 Å². The van der Waals surface area contributed by atoms with Gasteiger partial charge in [-0.15, -0.1) is 0 Å². The van der Waals surface area contributed by atoms with Gasteiger partial charge in [0.05, 0.1) is 5.69 Å². The Morgan fingerprint density at radius 1 is 1.32 bits per heavy atom. The maximum Gasteiger partial charge on any atom is 0.193 e. The molecule has 0 radical (unpaired) electrons. The minimum atomic E-state index is 0.698. The number of nitrogens with one attached hydrogen (secondary N) is 1. The van der Waals surface area contributed by atoms with Crippen LogP contribution in [0.25, 0.3) is 0 Å². The molecule has 1 atom stereocenters. The van der Waals surface area contributed by atoms with E-state index in [0.29, 0.717) is 5.92 Å². The summed E-state index contributed by atoms with van der Waals surface area (Å²) in [6.45, 7) is 6.95. The highest BCUT2D eigenvalue weighted by atomic mass is 16.5. The normalized spacial score (nSPS) is 18.0. The summed E-state index contributed by atoms with van der Waals surface area (Å²) in [5, 5.41) is 7.51. The van der Waals surface area contributed by atoms with E-state index in [1.807, 2.05) is 20.9 Å². The average molecular weight is 340 g/mol. The van der Waals surface area contributed by atoms with E-state index in [1.165, 1.54) is 17.5 Å². The first kappa shape index (κ1) is 17.5. The average Bonchev–Trinajstić information content (AvgIpc) is 3.20. The number of aryl methyl sites for hydroxylation is 2. The van der Waals surface area contributed by atoms with E-state index in [0.717, 1.165) is 49.9 Å². The fourth-order valence-electron chi connectivity index (χ4n) is 3.63. The van der Waals surface area contributed by atoms with Crippen molar-refractivity contribution in [3.8, 4) is 0 Å². The quantitative estimate of drug-likeness (QED) is 0.672. The molecule has 134 valence electrons. The van der Waals surface area contributed by atoms with Crippen molar-refractivity contribution in [2.24, 2.45) is 10.9 Å². The second-order valence-corrected chi connectivity index (χ2v) is 6.82. The molecule has 5 heteroatoms. The molecular weight excluding hydrogens is 312 g/mol. The first-order chi connectivity index (χ1) is 12.2. The van der Waals surface area contributed by atoms with Gasteiger partial charge in [0.2, 0.25) is 0 Å². The van der Waals surface area contributed by atoms with Gasteiger partial charge in [-0.25, -0.2) is 0 Å². The molecule has 1 aromatic heterocycles. The summed E-state index contributed by atoms with van der Waals surface area (Å²) in [5.74, 6) is 2.62.